The van der Waals surface area contributed by atoms with Crippen molar-refractivity contribution in [3.8, 4) is 5.75 Å². The fourth-order valence-electron chi connectivity index (χ4n) is 1.98. The van der Waals surface area contributed by atoms with Crippen LogP contribution < -0.4 is 10.1 Å². The summed E-state index contributed by atoms with van der Waals surface area (Å²) >= 11 is 0. The Labute approximate surface area is 108 Å². The number of benzene rings is 1. The Hall–Kier alpha value is -1.10. The van der Waals surface area contributed by atoms with Gasteiger partial charge in [0, 0.05) is 13.1 Å². The summed E-state index contributed by atoms with van der Waals surface area (Å²) in [5.41, 5.74) is 1.15. The van der Waals surface area contributed by atoms with Crippen molar-refractivity contribution in [2.45, 2.75) is 13.5 Å². The largest absolute Gasteiger partial charge is 0.494 e. The molecule has 1 aliphatic heterocycles. The number of hydrogen-bond acceptors (Lipinski definition) is 4. The van der Waals surface area contributed by atoms with Crippen molar-refractivity contribution < 1.29 is 14.6 Å². The third-order valence-electron chi connectivity index (χ3n) is 3.22. The molecule has 1 aromatic rings. The summed E-state index contributed by atoms with van der Waals surface area (Å²) in [6.07, 6.45) is 0. The summed E-state index contributed by atoms with van der Waals surface area (Å²) in [5, 5.41) is 12.7. The van der Waals surface area contributed by atoms with Crippen molar-refractivity contribution in [3.63, 3.8) is 0 Å². The molecule has 0 unspecified atom stereocenters. The lowest BCUT2D eigenvalue weighted by Crippen LogP contribution is -2.52. The Balaban J connectivity index is 1.76. The average molecular weight is 251 g/mol. The molecule has 0 saturated carbocycles. The second-order valence-corrected chi connectivity index (χ2v) is 4.83. The molecule has 4 nitrogen and oxygen atoms in total. The zero-order chi connectivity index (χ0) is 12.8. The van der Waals surface area contributed by atoms with E-state index in [0.29, 0.717) is 19.8 Å². The summed E-state index contributed by atoms with van der Waals surface area (Å²) < 4.78 is 10.6. The van der Waals surface area contributed by atoms with Gasteiger partial charge in [0.1, 0.15) is 5.75 Å². The van der Waals surface area contributed by atoms with Crippen LogP contribution in [0, 0.1) is 5.41 Å². The Kier molecular flexibility index (Phi) is 4.58. The van der Waals surface area contributed by atoms with Gasteiger partial charge in [-0.15, -0.1) is 0 Å². The van der Waals surface area contributed by atoms with Crippen LogP contribution in [0.2, 0.25) is 0 Å². The molecule has 18 heavy (non-hydrogen) atoms. The SMILES string of the molecule is CCOc1ccc(CNCC2(CO)COC2)cc1. The maximum atomic E-state index is 9.29. The molecule has 1 aromatic carbocycles. The van der Waals surface area contributed by atoms with Crippen LogP contribution in [0.4, 0.5) is 0 Å². The van der Waals surface area contributed by atoms with Crippen LogP contribution in [0.25, 0.3) is 0 Å². The van der Waals surface area contributed by atoms with E-state index in [4.69, 9.17) is 9.47 Å². The number of hydrogen-bond donors (Lipinski definition) is 2. The van der Waals surface area contributed by atoms with Crippen molar-refractivity contribution in [3.05, 3.63) is 29.8 Å². The summed E-state index contributed by atoms with van der Waals surface area (Å²) in [6, 6.07) is 8.07. The summed E-state index contributed by atoms with van der Waals surface area (Å²) in [6.45, 7) is 5.74. The highest BCUT2D eigenvalue weighted by molar-refractivity contribution is 5.27. The molecule has 2 N–H and O–H groups in total. The van der Waals surface area contributed by atoms with Gasteiger partial charge in [0.15, 0.2) is 0 Å². The van der Waals surface area contributed by atoms with Crippen molar-refractivity contribution in [2.24, 2.45) is 5.41 Å². The van der Waals surface area contributed by atoms with Crippen molar-refractivity contribution >= 4 is 0 Å². The highest BCUT2D eigenvalue weighted by atomic mass is 16.5. The third kappa shape index (κ3) is 3.22. The Morgan fingerprint density at radius 3 is 2.56 bits per heavy atom. The van der Waals surface area contributed by atoms with Crippen LogP contribution in [-0.2, 0) is 11.3 Å². The van der Waals surface area contributed by atoms with E-state index >= 15 is 0 Å². The number of nitrogens with one attached hydrogen (secondary N) is 1. The first-order chi connectivity index (χ1) is 8.78. The highest BCUT2D eigenvalue weighted by Crippen LogP contribution is 2.25. The molecule has 0 radical (unpaired) electrons. The molecular weight excluding hydrogens is 230 g/mol. The van der Waals surface area contributed by atoms with E-state index in [-0.39, 0.29) is 12.0 Å². The number of ether oxygens (including phenoxy) is 2. The smallest absolute Gasteiger partial charge is 0.119 e. The monoisotopic (exact) mass is 251 g/mol. The molecule has 2 rings (SSSR count). The molecule has 1 aliphatic rings. The third-order valence-corrected chi connectivity index (χ3v) is 3.22. The van der Waals surface area contributed by atoms with Gasteiger partial charge < -0.3 is 19.9 Å². The Morgan fingerprint density at radius 1 is 1.33 bits per heavy atom. The molecule has 1 heterocycles. The summed E-state index contributed by atoms with van der Waals surface area (Å²) in [4.78, 5) is 0. The van der Waals surface area contributed by atoms with E-state index < -0.39 is 0 Å². The standard InChI is InChI=1S/C14H21NO3/c1-2-18-13-5-3-12(4-6-13)7-15-8-14(9-16)10-17-11-14/h3-6,15-16H,2,7-11H2,1H3. The van der Waals surface area contributed by atoms with Crippen LogP contribution in [0.15, 0.2) is 24.3 Å². The predicted octanol–water partition coefficient (Wildman–Crippen LogP) is 1.18. The van der Waals surface area contributed by atoms with Crippen LogP contribution in [-0.4, -0.2) is 38.1 Å². The number of aliphatic hydroxyl groups is 1. The minimum atomic E-state index is -0.0642. The van der Waals surface area contributed by atoms with E-state index in [1.54, 1.807) is 0 Å². The van der Waals surface area contributed by atoms with Gasteiger partial charge in [0.25, 0.3) is 0 Å². The Morgan fingerprint density at radius 2 is 2.06 bits per heavy atom. The molecule has 4 heteroatoms. The topological polar surface area (TPSA) is 50.7 Å². The molecule has 1 fully saturated rings. The van der Waals surface area contributed by atoms with Crippen LogP contribution in [0.3, 0.4) is 0 Å². The molecule has 0 atom stereocenters. The second-order valence-electron chi connectivity index (χ2n) is 4.83. The maximum Gasteiger partial charge on any atom is 0.119 e. The zero-order valence-electron chi connectivity index (χ0n) is 10.8. The van der Waals surface area contributed by atoms with Crippen LogP contribution in [0.5, 0.6) is 5.75 Å². The average Bonchev–Trinajstić information content (AvgIpc) is 2.35. The predicted molar refractivity (Wildman–Crippen MR) is 69.7 cm³/mol. The number of rotatable bonds is 7. The molecule has 0 spiro atoms. The quantitative estimate of drug-likeness (QED) is 0.764. The maximum absolute atomic E-state index is 9.29. The van der Waals surface area contributed by atoms with E-state index in [2.05, 4.69) is 17.4 Å². The normalized spacial score (nSPS) is 17.2. The van der Waals surface area contributed by atoms with Gasteiger partial charge in [-0.25, -0.2) is 0 Å². The van der Waals surface area contributed by atoms with Gasteiger partial charge in [0.05, 0.1) is 31.8 Å². The van der Waals surface area contributed by atoms with Gasteiger partial charge in [-0.05, 0) is 24.6 Å². The fraction of sp³-hybridized carbons (Fsp3) is 0.571. The molecule has 100 valence electrons. The molecule has 0 aromatic heterocycles. The number of aliphatic hydroxyl groups excluding tert-OH is 1. The van der Waals surface area contributed by atoms with E-state index in [1.807, 2.05) is 19.1 Å². The first-order valence-electron chi connectivity index (χ1n) is 6.39. The lowest BCUT2D eigenvalue weighted by molar-refractivity contribution is -0.134. The Bertz CT molecular complexity index is 354. The minimum Gasteiger partial charge on any atom is -0.494 e. The van der Waals surface area contributed by atoms with Crippen molar-refractivity contribution in [1.82, 2.24) is 5.32 Å². The first-order valence-corrected chi connectivity index (χ1v) is 6.39. The molecular formula is C14H21NO3. The van der Waals surface area contributed by atoms with Gasteiger partial charge in [-0.3, -0.25) is 0 Å². The molecule has 0 bridgehead atoms. The van der Waals surface area contributed by atoms with Crippen LogP contribution in [0.1, 0.15) is 12.5 Å². The molecule has 0 amide bonds. The zero-order valence-corrected chi connectivity index (χ0v) is 10.8. The van der Waals surface area contributed by atoms with E-state index in [9.17, 15) is 5.11 Å². The summed E-state index contributed by atoms with van der Waals surface area (Å²) in [5.74, 6) is 0.903. The van der Waals surface area contributed by atoms with Crippen molar-refractivity contribution in [1.29, 1.82) is 0 Å². The van der Waals surface area contributed by atoms with Gasteiger partial charge in [-0.2, -0.15) is 0 Å². The lowest BCUT2D eigenvalue weighted by Gasteiger charge is -2.40. The molecule has 1 saturated heterocycles. The highest BCUT2D eigenvalue weighted by Gasteiger charge is 2.37. The fourth-order valence-corrected chi connectivity index (χ4v) is 1.98. The van der Waals surface area contributed by atoms with Crippen molar-refractivity contribution in [2.75, 3.05) is 33.0 Å². The minimum absolute atomic E-state index is 0.0642. The van der Waals surface area contributed by atoms with E-state index in [0.717, 1.165) is 18.8 Å². The van der Waals surface area contributed by atoms with Gasteiger partial charge >= 0.3 is 0 Å². The summed E-state index contributed by atoms with van der Waals surface area (Å²) in [7, 11) is 0. The van der Waals surface area contributed by atoms with Gasteiger partial charge in [0.2, 0.25) is 0 Å². The first kappa shape index (κ1) is 13.3. The van der Waals surface area contributed by atoms with Gasteiger partial charge in [-0.1, -0.05) is 12.1 Å². The second kappa shape index (κ2) is 6.18. The van der Waals surface area contributed by atoms with Crippen LogP contribution >= 0.6 is 0 Å². The lowest BCUT2D eigenvalue weighted by atomic mass is 9.87. The van der Waals surface area contributed by atoms with E-state index in [1.165, 1.54) is 5.56 Å². The molecule has 0 aliphatic carbocycles.